The smallest absolute Gasteiger partial charge is 0.389 e. The van der Waals surface area contributed by atoms with Crippen LogP contribution in [0.25, 0.3) is 0 Å². The summed E-state index contributed by atoms with van der Waals surface area (Å²) in [6.45, 7) is 2.07. The number of aliphatic hydroxyl groups excluding tert-OH is 1. The number of hydrogen-bond acceptors (Lipinski definition) is 1. The summed E-state index contributed by atoms with van der Waals surface area (Å²) in [5, 5.41) is 9.75. The van der Waals surface area contributed by atoms with E-state index in [-0.39, 0.29) is 18.8 Å². The van der Waals surface area contributed by atoms with E-state index in [2.05, 4.69) is 6.92 Å². The minimum Gasteiger partial charge on any atom is -0.393 e. The van der Waals surface area contributed by atoms with Crippen molar-refractivity contribution in [3.05, 3.63) is 0 Å². The average Bonchev–Trinajstić information content (AvgIpc) is 2.48. The molecule has 4 heteroatoms. The van der Waals surface area contributed by atoms with E-state index in [1.165, 1.54) is 0 Å². The molecule has 0 bridgehead atoms. The van der Waals surface area contributed by atoms with E-state index >= 15 is 0 Å². The highest BCUT2D eigenvalue weighted by molar-refractivity contribution is 4.80. The predicted octanol–water partition coefficient (Wildman–Crippen LogP) is 3.52. The second kappa shape index (κ2) is 5.19. The van der Waals surface area contributed by atoms with Crippen molar-refractivity contribution in [3.8, 4) is 0 Å². The quantitative estimate of drug-likeness (QED) is 0.774. The van der Waals surface area contributed by atoms with Gasteiger partial charge in [0.25, 0.3) is 0 Å². The molecule has 15 heavy (non-hydrogen) atoms. The van der Waals surface area contributed by atoms with Crippen LogP contribution in [0.15, 0.2) is 0 Å². The molecule has 1 aliphatic carbocycles. The Morgan fingerprint density at radius 2 is 2.00 bits per heavy atom. The second-order valence-corrected chi connectivity index (χ2v) is 4.65. The minimum atomic E-state index is -4.08. The Bertz CT molecular complexity index is 191. The zero-order valence-electron chi connectivity index (χ0n) is 9.06. The first-order chi connectivity index (χ1) is 6.90. The van der Waals surface area contributed by atoms with Crippen molar-refractivity contribution in [1.29, 1.82) is 0 Å². The van der Waals surface area contributed by atoms with Gasteiger partial charge in [-0.1, -0.05) is 19.8 Å². The zero-order valence-corrected chi connectivity index (χ0v) is 9.06. The molecule has 0 aromatic carbocycles. The molecule has 0 saturated heterocycles. The van der Waals surface area contributed by atoms with Gasteiger partial charge in [0.1, 0.15) is 0 Å². The first kappa shape index (κ1) is 12.8. The summed E-state index contributed by atoms with van der Waals surface area (Å²) in [5.74, 6) is 0.684. The van der Waals surface area contributed by atoms with Gasteiger partial charge < -0.3 is 5.11 Å². The van der Waals surface area contributed by atoms with Crippen molar-refractivity contribution in [2.45, 2.75) is 57.7 Å². The maximum absolute atomic E-state index is 11.9. The van der Waals surface area contributed by atoms with Gasteiger partial charge in [0.2, 0.25) is 0 Å². The molecule has 0 heterocycles. The third-order valence-corrected chi connectivity index (χ3v) is 3.38. The summed E-state index contributed by atoms with van der Waals surface area (Å²) in [6.07, 6.45) is -1.89. The summed E-state index contributed by atoms with van der Waals surface area (Å²) in [6, 6.07) is 0. The van der Waals surface area contributed by atoms with E-state index in [0.29, 0.717) is 5.92 Å². The lowest BCUT2D eigenvalue weighted by molar-refractivity contribution is -0.136. The van der Waals surface area contributed by atoms with Crippen LogP contribution in [-0.4, -0.2) is 17.4 Å². The van der Waals surface area contributed by atoms with Crippen LogP contribution in [0.1, 0.15) is 45.4 Å². The predicted molar refractivity (Wildman–Crippen MR) is 52.4 cm³/mol. The second-order valence-electron chi connectivity index (χ2n) is 4.65. The zero-order chi connectivity index (χ0) is 11.5. The lowest BCUT2D eigenvalue weighted by Crippen LogP contribution is -2.23. The van der Waals surface area contributed by atoms with E-state index in [1.54, 1.807) is 0 Å². The summed E-state index contributed by atoms with van der Waals surface area (Å²) in [5.41, 5.74) is 0. The Kier molecular flexibility index (Phi) is 4.44. The molecule has 1 fully saturated rings. The molecule has 90 valence electrons. The van der Waals surface area contributed by atoms with Gasteiger partial charge in [0, 0.05) is 6.42 Å². The first-order valence-corrected chi connectivity index (χ1v) is 5.65. The molecule has 1 aliphatic rings. The van der Waals surface area contributed by atoms with Crippen LogP contribution in [0.4, 0.5) is 13.2 Å². The van der Waals surface area contributed by atoms with Crippen molar-refractivity contribution in [2.75, 3.05) is 0 Å². The van der Waals surface area contributed by atoms with Gasteiger partial charge >= 0.3 is 6.18 Å². The fourth-order valence-corrected chi connectivity index (χ4v) is 2.47. The largest absolute Gasteiger partial charge is 0.393 e. The van der Waals surface area contributed by atoms with Crippen molar-refractivity contribution in [1.82, 2.24) is 0 Å². The molecule has 0 amide bonds. The van der Waals surface area contributed by atoms with Gasteiger partial charge in [0.05, 0.1) is 6.10 Å². The molecule has 1 N–H and O–H groups in total. The Morgan fingerprint density at radius 3 is 2.47 bits per heavy atom. The van der Waals surface area contributed by atoms with Crippen LogP contribution >= 0.6 is 0 Å². The Morgan fingerprint density at radius 1 is 1.33 bits per heavy atom. The van der Waals surface area contributed by atoms with Crippen LogP contribution in [0.2, 0.25) is 0 Å². The molecule has 0 aromatic rings. The third kappa shape index (κ3) is 4.41. The van der Waals surface area contributed by atoms with Crippen molar-refractivity contribution in [3.63, 3.8) is 0 Å². The van der Waals surface area contributed by atoms with Crippen LogP contribution in [0.5, 0.6) is 0 Å². The van der Waals surface area contributed by atoms with E-state index in [4.69, 9.17) is 0 Å². The summed E-state index contributed by atoms with van der Waals surface area (Å²) in [7, 11) is 0. The molecule has 0 aromatic heterocycles. The van der Waals surface area contributed by atoms with Gasteiger partial charge in [-0.2, -0.15) is 13.2 Å². The molecule has 1 saturated carbocycles. The summed E-state index contributed by atoms with van der Waals surface area (Å²) in [4.78, 5) is 0. The van der Waals surface area contributed by atoms with Crippen molar-refractivity contribution < 1.29 is 18.3 Å². The molecule has 0 aliphatic heterocycles. The SMILES string of the molecule is CC1CCCC1C(O)CCCC(F)(F)F. The Hall–Kier alpha value is -0.250. The van der Waals surface area contributed by atoms with Gasteiger partial charge in [-0.3, -0.25) is 0 Å². The summed E-state index contributed by atoms with van der Waals surface area (Å²) < 4.78 is 35.6. The highest BCUT2D eigenvalue weighted by Crippen LogP contribution is 2.35. The number of rotatable bonds is 4. The normalized spacial score (nSPS) is 29.4. The average molecular weight is 224 g/mol. The molecule has 0 spiro atoms. The van der Waals surface area contributed by atoms with Crippen LogP contribution in [-0.2, 0) is 0 Å². The first-order valence-electron chi connectivity index (χ1n) is 5.65. The van der Waals surface area contributed by atoms with E-state index in [1.807, 2.05) is 0 Å². The highest BCUT2D eigenvalue weighted by atomic mass is 19.4. The van der Waals surface area contributed by atoms with Gasteiger partial charge in [-0.15, -0.1) is 0 Å². The number of halogens is 3. The molecular formula is C11H19F3O. The van der Waals surface area contributed by atoms with Crippen molar-refractivity contribution >= 4 is 0 Å². The fraction of sp³-hybridized carbons (Fsp3) is 1.00. The van der Waals surface area contributed by atoms with Gasteiger partial charge in [-0.25, -0.2) is 0 Å². The topological polar surface area (TPSA) is 20.2 Å². The Balaban J connectivity index is 2.21. The van der Waals surface area contributed by atoms with Crippen LogP contribution in [0.3, 0.4) is 0 Å². The standard InChI is InChI=1S/C11H19F3O/c1-8-4-2-5-9(8)10(15)6-3-7-11(12,13)14/h8-10,15H,2-7H2,1H3. The van der Waals surface area contributed by atoms with Gasteiger partial charge in [-0.05, 0) is 31.1 Å². The lowest BCUT2D eigenvalue weighted by atomic mass is 9.89. The number of aliphatic hydroxyl groups is 1. The lowest BCUT2D eigenvalue weighted by Gasteiger charge is -2.22. The third-order valence-electron chi connectivity index (χ3n) is 3.38. The number of hydrogen-bond donors (Lipinski definition) is 1. The van der Waals surface area contributed by atoms with E-state index in [0.717, 1.165) is 19.3 Å². The number of alkyl halides is 3. The van der Waals surface area contributed by atoms with Crippen LogP contribution < -0.4 is 0 Å². The van der Waals surface area contributed by atoms with E-state index in [9.17, 15) is 18.3 Å². The maximum Gasteiger partial charge on any atom is 0.389 e. The fourth-order valence-electron chi connectivity index (χ4n) is 2.47. The van der Waals surface area contributed by atoms with Gasteiger partial charge in [0.15, 0.2) is 0 Å². The Labute approximate surface area is 88.7 Å². The minimum absolute atomic E-state index is 0.0495. The van der Waals surface area contributed by atoms with Crippen molar-refractivity contribution in [2.24, 2.45) is 11.8 Å². The summed E-state index contributed by atoms with van der Waals surface area (Å²) >= 11 is 0. The molecule has 0 radical (unpaired) electrons. The molecule has 1 rings (SSSR count). The molecule has 1 nitrogen and oxygen atoms in total. The molecule has 3 atom stereocenters. The van der Waals surface area contributed by atoms with E-state index < -0.39 is 18.7 Å². The highest BCUT2D eigenvalue weighted by Gasteiger charge is 2.31. The molecular weight excluding hydrogens is 205 g/mol. The van der Waals surface area contributed by atoms with Crippen LogP contribution in [0, 0.1) is 11.8 Å². The monoisotopic (exact) mass is 224 g/mol. The molecule has 3 unspecified atom stereocenters. The maximum atomic E-state index is 11.9.